The minimum atomic E-state index is -3.43. The van der Waals surface area contributed by atoms with E-state index in [0.717, 1.165) is 26.1 Å². The Balaban J connectivity index is 1.96. The maximum atomic E-state index is 12.7. The predicted octanol–water partition coefficient (Wildman–Crippen LogP) is 0.686. The van der Waals surface area contributed by atoms with E-state index in [2.05, 4.69) is 4.90 Å². The summed E-state index contributed by atoms with van der Waals surface area (Å²) in [4.78, 5) is 14.0. The topological polar surface area (TPSA) is 66.9 Å². The van der Waals surface area contributed by atoms with Crippen molar-refractivity contribution in [1.29, 1.82) is 0 Å². The zero-order valence-electron chi connectivity index (χ0n) is 13.0. The molecule has 0 bridgehead atoms. The van der Waals surface area contributed by atoms with Crippen molar-refractivity contribution in [3.05, 3.63) is 0 Å². The molecule has 21 heavy (non-hydrogen) atoms. The summed E-state index contributed by atoms with van der Waals surface area (Å²) in [5.41, 5.74) is 0. The fraction of sp³-hybridized carbons (Fsp3) is 0.929. The van der Waals surface area contributed by atoms with Gasteiger partial charge in [-0.05, 0) is 38.8 Å². The van der Waals surface area contributed by atoms with E-state index in [1.165, 1.54) is 24.3 Å². The van der Waals surface area contributed by atoms with Crippen LogP contribution in [0.4, 0.5) is 0 Å². The molecule has 0 amide bonds. The van der Waals surface area contributed by atoms with Gasteiger partial charge < -0.3 is 9.64 Å². The molecule has 1 saturated heterocycles. The van der Waals surface area contributed by atoms with Crippen LogP contribution in [0, 0.1) is 5.92 Å². The normalized spacial score (nSPS) is 27.4. The summed E-state index contributed by atoms with van der Waals surface area (Å²) >= 11 is 0. The zero-order chi connectivity index (χ0) is 15.5. The molecule has 122 valence electrons. The van der Waals surface area contributed by atoms with E-state index in [-0.39, 0.29) is 0 Å². The van der Waals surface area contributed by atoms with Crippen LogP contribution in [-0.4, -0.2) is 69.2 Å². The van der Waals surface area contributed by atoms with Crippen LogP contribution in [-0.2, 0) is 19.6 Å². The molecule has 0 aromatic carbocycles. The Hall–Kier alpha value is -0.660. The van der Waals surface area contributed by atoms with Gasteiger partial charge in [-0.2, -0.15) is 0 Å². The van der Waals surface area contributed by atoms with Crippen LogP contribution in [0.3, 0.4) is 0 Å². The highest BCUT2D eigenvalue weighted by molar-refractivity contribution is 7.89. The van der Waals surface area contributed by atoms with Crippen LogP contribution in [0.2, 0.25) is 0 Å². The number of carbonyl (C=O) groups excluding carboxylic acids is 1. The molecule has 2 atom stereocenters. The van der Waals surface area contributed by atoms with Gasteiger partial charge in [0.05, 0.1) is 18.3 Å². The first-order valence-electron chi connectivity index (χ1n) is 7.72. The minimum Gasteiger partial charge on any atom is -0.469 e. The average Bonchev–Trinajstić information content (AvgIpc) is 3.14. The fourth-order valence-corrected chi connectivity index (χ4v) is 5.28. The molecule has 0 radical (unpaired) electrons. The van der Waals surface area contributed by atoms with Crippen LogP contribution in [0.15, 0.2) is 0 Å². The lowest BCUT2D eigenvalue weighted by molar-refractivity contribution is -0.145. The molecular formula is C14H26N2O4S. The number of likely N-dealkylation sites (N-methyl/N-ethyl adjacent to an activating group) is 1. The first kappa shape index (κ1) is 16.7. The lowest BCUT2D eigenvalue weighted by atomic mass is 10.1. The van der Waals surface area contributed by atoms with Crippen LogP contribution in [0.25, 0.3) is 0 Å². The lowest BCUT2D eigenvalue weighted by Gasteiger charge is -2.26. The van der Waals surface area contributed by atoms with Crippen molar-refractivity contribution >= 4 is 16.0 Å². The number of methoxy groups -OCH3 is 1. The molecule has 0 N–H and O–H groups in total. The Labute approximate surface area is 127 Å². The van der Waals surface area contributed by atoms with Crippen LogP contribution in [0.5, 0.6) is 0 Å². The summed E-state index contributed by atoms with van der Waals surface area (Å²) in [5.74, 6) is -0.900. The Morgan fingerprint density at radius 3 is 2.52 bits per heavy atom. The van der Waals surface area contributed by atoms with E-state index in [1.54, 1.807) is 7.05 Å². The van der Waals surface area contributed by atoms with E-state index in [1.807, 2.05) is 0 Å². The van der Waals surface area contributed by atoms with Crippen molar-refractivity contribution in [3.8, 4) is 0 Å². The Morgan fingerprint density at radius 1 is 1.24 bits per heavy atom. The van der Waals surface area contributed by atoms with Gasteiger partial charge >= 0.3 is 5.97 Å². The molecular weight excluding hydrogens is 292 g/mol. The summed E-state index contributed by atoms with van der Waals surface area (Å²) in [6, 6.07) is 0. The molecule has 6 nitrogen and oxygen atoms in total. The third-order valence-corrected chi connectivity index (χ3v) is 7.08. The van der Waals surface area contributed by atoms with Gasteiger partial charge in [-0.25, -0.2) is 12.7 Å². The van der Waals surface area contributed by atoms with Gasteiger partial charge in [-0.1, -0.05) is 6.42 Å². The number of nitrogens with zero attached hydrogens (tertiary/aromatic N) is 2. The smallest absolute Gasteiger partial charge is 0.310 e. The standard InChI is InChI=1S/C14H26N2O4S/c1-15(10-11-16-8-3-4-9-16)21(18,19)13-7-5-6-12(13)14(17)20-2/h12-13H,3-11H2,1-2H3. The lowest BCUT2D eigenvalue weighted by Crippen LogP contribution is -2.43. The van der Waals surface area contributed by atoms with Gasteiger partial charge in [0.25, 0.3) is 0 Å². The van der Waals surface area contributed by atoms with Gasteiger partial charge in [0, 0.05) is 20.1 Å². The van der Waals surface area contributed by atoms with Crippen LogP contribution < -0.4 is 0 Å². The number of rotatable bonds is 6. The second kappa shape index (κ2) is 7.07. The SMILES string of the molecule is COC(=O)C1CCCC1S(=O)(=O)N(C)CCN1CCCC1. The molecule has 2 fully saturated rings. The van der Waals surface area contributed by atoms with E-state index >= 15 is 0 Å². The van der Waals surface area contributed by atoms with E-state index in [0.29, 0.717) is 19.4 Å². The van der Waals surface area contributed by atoms with Gasteiger partial charge in [0.1, 0.15) is 0 Å². The molecule has 2 aliphatic rings. The highest BCUT2D eigenvalue weighted by Gasteiger charge is 2.43. The van der Waals surface area contributed by atoms with Crippen molar-refractivity contribution in [1.82, 2.24) is 9.21 Å². The maximum Gasteiger partial charge on any atom is 0.310 e. The minimum absolute atomic E-state index is 0.394. The second-order valence-corrected chi connectivity index (χ2v) is 8.27. The number of hydrogen-bond acceptors (Lipinski definition) is 5. The predicted molar refractivity (Wildman–Crippen MR) is 80.4 cm³/mol. The van der Waals surface area contributed by atoms with Crippen molar-refractivity contribution in [2.75, 3.05) is 40.3 Å². The largest absolute Gasteiger partial charge is 0.469 e. The molecule has 7 heteroatoms. The Bertz CT molecular complexity index is 460. The zero-order valence-corrected chi connectivity index (χ0v) is 13.8. The molecule has 0 aromatic heterocycles. The summed E-state index contributed by atoms with van der Waals surface area (Å²) in [7, 11) is -0.485. The monoisotopic (exact) mass is 318 g/mol. The number of likely N-dealkylation sites (tertiary alicyclic amines) is 1. The van der Waals surface area contributed by atoms with Crippen molar-refractivity contribution in [2.24, 2.45) is 5.92 Å². The summed E-state index contributed by atoms with van der Waals surface area (Å²) in [6.07, 6.45) is 4.32. The van der Waals surface area contributed by atoms with Crippen LogP contribution in [0.1, 0.15) is 32.1 Å². The van der Waals surface area contributed by atoms with Gasteiger partial charge in [0.15, 0.2) is 0 Å². The number of sulfonamides is 1. The van der Waals surface area contributed by atoms with Crippen molar-refractivity contribution in [3.63, 3.8) is 0 Å². The fourth-order valence-electron chi connectivity index (χ4n) is 3.35. The first-order valence-corrected chi connectivity index (χ1v) is 9.22. The molecule has 1 saturated carbocycles. The molecule has 1 heterocycles. The second-order valence-electron chi connectivity index (χ2n) is 6.01. The average molecular weight is 318 g/mol. The number of esters is 1. The quantitative estimate of drug-likeness (QED) is 0.674. The van der Waals surface area contributed by atoms with E-state index in [4.69, 9.17) is 4.74 Å². The third-order valence-electron chi connectivity index (χ3n) is 4.70. The van der Waals surface area contributed by atoms with E-state index in [9.17, 15) is 13.2 Å². The Morgan fingerprint density at radius 2 is 1.90 bits per heavy atom. The number of ether oxygens (including phenoxy) is 1. The Kier molecular flexibility index (Phi) is 5.62. The molecule has 2 rings (SSSR count). The molecule has 1 aliphatic heterocycles. The van der Waals surface area contributed by atoms with Gasteiger partial charge in [0.2, 0.25) is 10.0 Å². The highest BCUT2D eigenvalue weighted by atomic mass is 32.2. The maximum absolute atomic E-state index is 12.7. The molecule has 1 aliphatic carbocycles. The van der Waals surface area contributed by atoms with Gasteiger partial charge in [-0.3, -0.25) is 4.79 Å². The molecule has 0 aromatic rings. The summed E-state index contributed by atoms with van der Waals surface area (Å²) in [6.45, 7) is 3.38. The van der Waals surface area contributed by atoms with Crippen LogP contribution >= 0.6 is 0 Å². The van der Waals surface area contributed by atoms with E-state index < -0.39 is 27.2 Å². The van der Waals surface area contributed by atoms with Gasteiger partial charge in [-0.15, -0.1) is 0 Å². The molecule has 0 spiro atoms. The number of carbonyl (C=O) groups is 1. The first-order chi connectivity index (χ1) is 9.96. The highest BCUT2D eigenvalue weighted by Crippen LogP contribution is 2.33. The summed E-state index contributed by atoms with van der Waals surface area (Å²) in [5, 5.41) is -0.617. The van der Waals surface area contributed by atoms with Crippen molar-refractivity contribution < 1.29 is 17.9 Å². The van der Waals surface area contributed by atoms with Crippen molar-refractivity contribution in [2.45, 2.75) is 37.4 Å². The third kappa shape index (κ3) is 3.76. The summed E-state index contributed by atoms with van der Waals surface area (Å²) < 4.78 is 31.5. The number of hydrogen-bond donors (Lipinski definition) is 0. The molecule has 2 unspecified atom stereocenters.